The van der Waals surface area contributed by atoms with E-state index in [1.807, 2.05) is 55.5 Å². The molecular formula is C29H37NO3. The van der Waals surface area contributed by atoms with Crippen molar-refractivity contribution in [3.8, 4) is 0 Å². The Kier molecular flexibility index (Phi) is 11.9. The number of nitrogens with zero attached hydrogens (tertiary/aromatic N) is 1. The van der Waals surface area contributed by atoms with E-state index in [0.717, 1.165) is 56.1 Å². The molecule has 0 saturated carbocycles. The SMILES string of the molecule is CCCCCC/C(=N\OC(=O)CC)C(=O)/C(=C/CCCc1ccccc1)c1ccccc1C. The molecule has 4 heteroatoms. The van der Waals surface area contributed by atoms with Gasteiger partial charge in [-0.2, -0.15) is 0 Å². The first kappa shape index (κ1) is 26.2. The fourth-order valence-electron chi connectivity index (χ4n) is 3.64. The standard InChI is InChI=1S/C29H37NO3/c1-4-6-7-11-22-27(30-33-28(31)5-2)29(32)26(25-20-14-12-16-23(25)3)21-15-13-19-24-17-9-8-10-18-24/h8-10,12,14,16-18,20-21H,4-7,11,13,15,19,22H2,1-3H3/b26-21+,30-27+. The highest BCUT2D eigenvalue weighted by atomic mass is 16.7. The molecule has 4 nitrogen and oxygen atoms in total. The van der Waals surface area contributed by atoms with E-state index in [1.165, 1.54) is 5.56 Å². The monoisotopic (exact) mass is 447 g/mol. The number of hydrogen-bond acceptors (Lipinski definition) is 4. The number of Topliss-reactive ketones (excluding diaryl/α,β-unsaturated/α-hetero) is 1. The van der Waals surface area contributed by atoms with E-state index in [0.29, 0.717) is 17.7 Å². The average molecular weight is 448 g/mol. The highest BCUT2D eigenvalue weighted by molar-refractivity contribution is 6.55. The van der Waals surface area contributed by atoms with Crippen molar-refractivity contribution in [2.75, 3.05) is 0 Å². The van der Waals surface area contributed by atoms with E-state index >= 15 is 0 Å². The molecule has 0 radical (unpaired) electrons. The molecule has 33 heavy (non-hydrogen) atoms. The zero-order valence-electron chi connectivity index (χ0n) is 20.3. The molecule has 0 aliphatic heterocycles. The molecule has 0 saturated heterocycles. The van der Waals surface area contributed by atoms with E-state index in [9.17, 15) is 9.59 Å². The average Bonchev–Trinajstić information content (AvgIpc) is 2.84. The van der Waals surface area contributed by atoms with E-state index in [-0.39, 0.29) is 12.2 Å². The summed E-state index contributed by atoms with van der Waals surface area (Å²) in [5, 5.41) is 4.02. The highest BCUT2D eigenvalue weighted by Gasteiger charge is 2.20. The van der Waals surface area contributed by atoms with Crippen LogP contribution >= 0.6 is 0 Å². The lowest BCUT2D eigenvalue weighted by molar-refractivity contribution is -0.143. The Morgan fingerprint density at radius 3 is 2.33 bits per heavy atom. The predicted molar refractivity (Wildman–Crippen MR) is 136 cm³/mol. The number of allylic oxidation sites excluding steroid dienone is 2. The number of ketones is 1. The van der Waals surface area contributed by atoms with Crippen molar-refractivity contribution in [2.24, 2.45) is 5.16 Å². The molecule has 2 aromatic rings. The second-order valence-electron chi connectivity index (χ2n) is 8.31. The molecule has 0 fully saturated rings. The van der Waals surface area contributed by atoms with Crippen LogP contribution in [0, 0.1) is 6.92 Å². The molecule has 0 bridgehead atoms. The smallest absolute Gasteiger partial charge is 0.318 e. The fourth-order valence-corrected chi connectivity index (χ4v) is 3.64. The van der Waals surface area contributed by atoms with Crippen LogP contribution in [-0.4, -0.2) is 17.5 Å². The number of unbranched alkanes of at least 4 members (excludes halogenated alkanes) is 4. The van der Waals surface area contributed by atoms with E-state index < -0.39 is 5.97 Å². The number of hydrogen-bond donors (Lipinski definition) is 0. The van der Waals surface area contributed by atoms with Crippen molar-refractivity contribution >= 4 is 23.0 Å². The van der Waals surface area contributed by atoms with E-state index in [4.69, 9.17) is 4.84 Å². The minimum Gasteiger partial charge on any atom is -0.318 e. The Morgan fingerprint density at radius 2 is 1.64 bits per heavy atom. The first-order valence-electron chi connectivity index (χ1n) is 12.2. The molecule has 0 amide bonds. The number of carbonyl (C=O) groups is 2. The molecule has 0 unspecified atom stereocenters. The summed E-state index contributed by atoms with van der Waals surface area (Å²) in [5.41, 5.74) is 4.20. The van der Waals surface area contributed by atoms with Gasteiger partial charge in [-0.15, -0.1) is 0 Å². The summed E-state index contributed by atoms with van der Waals surface area (Å²) < 4.78 is 0. The predicted octanol–water partition coefficient (Wildman–Crippen LogP) is 7.25. The van der Waals surface area contributed by atoms with Crippen LogP contribution in [-0.2, 0) is 20.8 Å². The van der Waals surface area contributed by atoms with Gasteiger partial charge in [-0.05, 0) is 55.7 Å². The minimum atomic E-state index is -0.432. The number of carbonyl (C=O) groups excluding carboxylic acids is 2. The maximum absolute atomic E-state index is 13.6. The van der Waals surface area contributed by atoms with Gasteiger partial charge in [0.25, 0.3) is 0 Å². The summed E-state index contributed by atoms with van der Waals surface area (Å²) in [7, 11) is 0. The van der Waals surface area contributed by atoms with Crippen LogP contribution in [0.2, 0.25) is 0 Å². The van der Waals surface area contributed by atoms with Crippen molar-refractivity contribution in [2.45, 2.75) is 78.6 Å². The Bertz CT molecular complexity index is 944. The van der Waals surface area contributed by atoms with Crippen molar-refractivity contribution < 1.29 is 14.4 Å². The van der Waals surface area contributed by atoms with Crippen molar-refractivity contribution in [3.05, 3.63) is 77.4 Å². The molecule has 0 heterocycles. The molecule has 0 aliphatic rings. The van der Waals surface area contributed by atoms with Gasteiger partial charge in [0.1, 0.15) is 5.71 Å². The molecule has 2 rings (SSSR count). The third kappa shape index (κ3) is 9.17. The van der Waals surface area contributed by atoms with Crippen LogP contribution in [0.1, 0.15) is 81.9 Å². The summed E-state index contributed by atoms with van der Waals surface area (Å²) in [5.74, 6) is -0.581. The van der Waals surface area contributed by atoms with Gasteiger partial charge in [-0.25, -0.2) is 4.79 Å². The molecule has 2 aromatic carbocycles. The molecule has 0 aromatic heterocycles. The Morgan fingerprint density at radius 1 is 0.909 bits per heavy atom. The molecule has 0 N–H and O–H groups in total. The summed E-state index contributed by atoms with van der Waals surface area (Å²) in [6.45, 7) is 5.87. The largest absolute Gasteiger partial charge is 0.334 e. The van der Waals surface area contributed by atoms with E-state index in [2.05, 4.69) is 24.2 Å². The topological polar surface area (TPSA) is 55.7 Å². The summed E-state index contributed by atoms with van der Waals surface area (Å²) in [6, 6.07) is 18.3. The summed E-state index contributed by atoms with van der Waals surface area (Å²) in [4.78, 5) is 30.4. The van der Waals surface area contributed by atoms with Gasteiger partial charge < -0.3 is 4.84 Å². The van der Waals surface area contributed by atoms with Crippen molar-refractivity contribution in [1.29, 1.82) is 0 Å². The van der Waals surface area contributed by atoms with Gasteiger partial charge in [0.15, 0.2) is 0 Å². The molecule has 0 aliphatic carbocycles. The number of rotatable bonds is 14. The van der Waals surface area contributed by atoms with Gasteiger partial charge in [-0.1, -0.05) is 98.9 Å². The van der Waals surface area contributed by atoms with Crippen molar-refractivity contribution in [1.82, 2.24) is 0 Å². The molecule has 0 spiro atoms. The Labute approximate surface area is 198 Å². The molecular weight excluding hydrogens is 410 g/mol. The van der Waals surface area contributed by atoms with Crippen LogP contribution in [0.15, 0.2) is 65.8 Å². The first-order valence-corrected chi connectivity index (χ1v) is 12.2. The van der Waals surface area contributed by atoms with Crippen molar-refractivity contribution in [3.63, 3.8) is 0 Å². The normalized spacial score (nSPS) is 12.0. The van der Waals surface area contributed by atoms with Gasteiger partial charge in [0, 0.05) is 12.0 Å². The van der Waals surface area contributed by atoms with Crippen LogP contribution in [0.25, 0.3) is 5.57 Å². The lowest BCUT2D eigenvalue weighted by Crippen LogP contribution is -2.18. The van der Waals surface area contributed by atoms with E-state index in [1.54, 1.807) is 6.92 Å². The van der Waals surface area contributed by atoms with Crippen LogP contribution in [0.3, 0.4) is 0 Å². The third-order valence-electron chi connectivity index (χ3n) is 5.62. The number of oxime groups is 1. The van der Waals surface area contributed by atoms with Gasteiger partial charge in [-0.3, -0.25) is 4.79 Å². The van der Waals surface area contributed by atoms with Crippen LogP contribution < -0.4 is 0 Å². The second kappa shape index (κ2) is 14.9. The lowest BCUT2D eigenvalue weighted by Gasteiger charge is -2.12. The molecule has 176 valence electrons. The number of benzene rings is 2. The third-order valence-corrected chi connectivity index (χ3v) is 5.62. The van der Waals surface area contributed by atoms with Gasteiger partial charge >= 0.3 is 5.97 Å². The molecule has 0 atom stereocenters. The zero-order valence-corrected chi connectivity index (χ0v) is 20.3. The Balaban J connectivity index is 2.25. The highest BCUT2D eigenvalue weighted by Crippen LogP contribution is 2.23. The summed E-state index contributed by atoms with van der Waals surface area (Å²) >= 11 is 0. The quantitative estimate of drug-likeness (QED) is 0.101. The maximum atomic E-state index is 13.6. The lowest BCUT2D eigenvalue weighted by atomic mass is 9.92. The summed E-state index contributed by atoms with van der Waals surface area (Å²) in [6.07, 6.45) is 9.52. The minimum absolute atomic E-state index is 0.149. The van der Waals surface area contributed by atoms with Gasteiger partial charge in [0.2, 0.25) is 5.78 Å². The maximum Gasteiger partial charge on any atom is 0.334 e. The number of aryl methyl sites for hydroxylation is 2. The van der Waals surface area contributed by atoms with Crippen LogP contribution in [0.4, 0.5) is 0 Å². The second-order valence-corrected chi connectivity index (χ2v) is 8.31. The Hall–Kier alpha value is -3.01. The zero-order chi connectivity index (χ0) is 23.9. The van der Waals surface area contributed by atoms with Gasteiger partial charge in [0.05, 0.1) is 0 Å². The first-order chi connectivity index (χ1) is 16.1. The van der Waals surface area contributed by atoms with Crippen LogP contribution in [0.5, 0.6) is 0 Å². The fraction of sp³-hybridized carbons (Fsp3) is 0.414.